The van der Waals surface area contributed by atoms with Crippen molar-refractivity contribution in [3.63, 3.8) is 0 Å². The van der Waals surface area contributed by atoms with Gasteiger partial charge in [0.25, 0.3) is 5.91 Å². The van der Waals surface area contributed by atoms with Gasteiger partial charge < -0.3 is 10.1 Å². The van der Waals surface area contributed by atoms with Crippen molar-refractivity contribution in [2.75, 3.05) is 13.2 Å². The summed E-state index contributed by atoms with van der Waals surface area (Å²) in [6.07, 6.45) is 6.01. The van der Waals surface area contributed by atoms with E-state index in [4.69, 9.17) is 4.74 Å². The summed E-state index contributed by atoms with van der Waals surface area (Å²) in [5.74, 6) is 1.23. The van der Waals surface area contributed by atoms with Crippen LogP contribution in [0.25, 0.3) is 0 Å². The maximum absolute atomic E-state index is 11.8. The van der Waals surface area contributed by atoms with Crippen LogP contribution in [0.15, 0.2) is 18.2 Å². The van der Waals surface area contributed by atoms with Gasteiger partial charge in [0.05, 0.1) is 0 Å². The molecule has 0 aromatic heterocycles. The van der Waals surface area contributed by atoms with Crippen molar-refractivity contribution in [2.45, 2.75) is 65.7 Å². The molecule has 22 heavy (non-hydrogen) atoms. The Balaban J connectivity index is 2.30. The average Bonchev–Trinajstić information content (AvgIpc) is 2.49. The van der Waals surface area contributed by atoms with E-state index in [2.05, 4.69) is 38.2 Å². The second-order valence-corrected chi connectivity index (χ2v) is 6.23. The van der Waals surface area contributed by atoms with Crippen LogP contribution in [0.3, 0.4) is 0 Å². The van der Waals surface area contributed by atoms with Gasteiger partial charge >= 0.3 is 0 Å². The summed E-state index contributed by atoms with van der Waals surface area (Å²) in [4.78, 5) is 11.8. The van der Waals surface area contributed by atoms with Crippen LogP contribution < -0.4 is 10.1 Å². The van der Waals surface area contributed by atoms with Crippen molar-refractivity contribution >= 4 is 5.91 Å². The molecule has 0 saturated heterocycles. The largest absolute Gasteiger partial charge is 0.483 e. The average molecular weight is 305 g/mol. The van der Waals surface area contributed by atoms with Gasteiger partial charge in [0.15, 0.2) is 6.61 Å². The smallest absolute Gasteiger partial charge is 0.257 e. The van der Waals surface area contributed by atoms with Crippen molar-refractivity contribution in [3.8, 4) is 5.75 Å². The van der Waals surface area contributed by atoms with Gasteiger partial charge in [-0.3, -0.25) is 4.79 Å². The third-order valence-electron chi connectivity index (χ3n) is 3.84. The first kappa shape index (κ1) is 18.5. The van der Waals surface area contributed by atoms with E-state index in [-0.39, 0.29) is 12.5 Å². The number of carbonyl (C=O) groups is 1. The Morgan fingerprint density at radius 2 is 1.91 bits per heavy atom. The third kappa shape index (κ3) is 6.97. The number of rotatable bonds is 10. The Morgan fingerprint density at radius 1 is 1.18 bits per heavy atom. The summed E-state index contributed by atoms with van der Waals surface area (Å²) < 4.78 is 5.67. The Morgan fingerprint density at radius 3 is 2.59 bits per heavy atom. The molecule has 1 amide bonds. The number of aryl methyl sites for hydroxylation is 1. The van der Waals surface area contributed by atoms with Crippen molar-refractivity contribution in [1.82, 2.24) is 5.32 Å². The molecule has 0 aliphatic rings. The summed E-state index contributed by atoms with van der Waals surface area (Å²) in [6.45, 7) is 9.36. The normalized spacial score (nSPS) is 10.8. The Kier molecular flexibility index (Phi) is 8.64. The molecule has 124 valence electrons. The maximum Gasteiger partial charge on any atom is 0.257 e. The molecule has 0 spiro atoms. The fourth-order valence-electron chi connectivity index (χ4n) is 2.28. The molecule has 3 heteroatoms. The first-order valence-corrected chi connectivity index (χ1v) is 8.54. The lowest BCUT2D eigenvalue weighted by Gasteiger charge is -2.13. The highest BCUT2D eigenvalue weighted by molar-refractivity contribution is 5.77. The van der Waals surface area contributed by atoms with E-state index in [1.54, 1.807) is 0 Å². The molecule has 0 aliphatic heterocycles. The molecule has 1 aromatic rings. The number of amides is 1. The van der Waals surface area contributed by atoms with Gasteiger partial charge in [0, 0.05) is 6.54 Å². The fraction of sp³-hybridized carbons (Fsp3) is 0.632. The molecule has 0 unspecified atom stereocenters. The van der Waals surface area contributed by atoms with Gasteiger partial charge in [-0.2, -0.15) is 0 Å². The van der Waals surface area contributed by atoms with Crippen molar-refractivity contribution in [3.05, 3.63) is 29.3 Å². The zero-order valence-electron chi connectivity index (χ0n) is 14.6. The highest BCUT2D eigenvalue weighted by atomic mass is 16.5. The van der Waals surface area contributed by atoms with E-state index < -0.39 is 0 Å². The summed E-state index contributed by atoms with van der Waals surface area (Å²) in [6, 6.07) is 6.21. The number of ether oxygens (including phenoxy) is 1. The Labute approximate surface area is 135 Å². The second-order valence-electron chi connectivity index (χ2n) is 6.23. The highest BCUT2D eigenvalue weighted by Gasteiger charge is 2.07. The van der Waals surface area contributed by atoms with E-state index in [1.165, 1.54) is 31.2 Å². The third-order valence-corrected chi connectivity index (χ3v) is 3.84. The monoisotopic (exact) mass is 305 g/mol. The maximum atomic E-state index is 11.8. The van der Waals surface area contributed by atoms with E-state index in [0.29, 0.717) is 5.92 Å². The SMILES string of the molecule is CCCCCCCNC(=O)COc1cc(C(C)C)ccc1C. The topological polar surface area (TPSA) is 38.3 Å². The number of hydrogen-bond acceptors (Lipinski definition) is 2. The molecule has 1 rings (SSSR count). The van der Waals surface area contributed by atoms with Crippen LogP contribution in [0.2, 0.25) is 0 Å². The molecule has 0 bridgehead atoms. The summed E-state index contributed by atoms with van der Waals surface area (Å²) in [5, 5.41) is 2.92. The fourth-order valence-corrected chi connectivity index (χ4v) is 2.28. The number of carbonyl (C=O) groups excluding carboxylic acids is 1. The summed E-state index contributed by atoms with van der Waals surface area (Å²) >= 11 is 0. The number of unbranched alkanes of at least 4 members (excludes halogenated alkanes) is 4. The highest BCUT2D eigenvalue weighted by Crippen LogP contribution is 2.24. The van der Waals surface area contributed by atoms with E-state index in [9.17, 15) is 4.79 Å². The minimum atomic E-state index is -0.0372. The molecular formula is C19H31NO2. The number of nitrogens with one attached hydrogen (secondary N) is 1. The van der Waals surface area contributed by atoms with Crippen LogP contribution in [0.5, 0.6) is 5.75 Å². The van der Waals surface area contributed by atoms with Crippen LogP contribution in [-0.2, 0) is 4.79 Å². The first-order chi connectivity index (χ1) is 10.5. The summed E-state index contributed by atoms with van der Waals surface area (Å²) in [7, 11) is 0. The summed E-state index contributed by atoms with van der Waals surface area (Å²) in [5.41, 5.74) is 2.30. The van der Waals surface area contributed by atoms with Crippen molar-refractivity contribution in [2.24, 2.45) is 0 Å². The van der Waals surface area contributed by atoms with Crippen LogP contribution >= 0.6 is 0 Å². The van der Waals surface area contributed by atoms with E-state index in [0.717, 1.165) is 24.3 Å². The quantitative estimate of drug-likeness (QED) is 0.642. The van der Waals surface area contributed by atoms with E-state index >= 15 is 0 Å². The van der Waals surface area contributed by atoms with E-state index in [1.807, 2.05) is 13.0 Å². The predicted molar refractivity (Wildman–Crippen MR) is 92.5 cm³/mol. The second kappa shape index (κ2) is 10.3. The number of benzene rings is 1. The molecule has 1 N–H and O–H groups in total. The molecule has 0 radical (unpaired) electrons. The standard InChI is InChI=1S/C19H31NO2/c1-5-6-7-8-9-12-20-19(21)14-22-18-13-17(15(2)3)11-10-16(18)4/h10-11,13,15H,5-9,12,14H2,1-4H3,(H,20,21). The lowest BCUT2D eigenvalue weighted by molar-refractivity contribution is -0.123. The molecule has 0 saturated carbocycles. The minimum Gasteiger partial charge on any atom is -0.483 e. The lowest BCUT2D eigenvalue weighted by atomic mass is 10.0. The molecule has 0 atom stereocenters. The number of hydrogen-bond donors (Lipinski definition) is 1. The Hall–Kier alpha value is -1.51. The van der Waals surface area contributed by atoms with Gasteiger partial charge in [-0.25, -0.2) is 0 Å². The van der Waals surface area contributed by atoms with Gasteiger partial charge in [0.1, 0.15) is 5.75 Å². The first-order valence-electron chi connectivity index (χ1n) is 8.54. The molecule has 1 aromatic carbocycles. The Bertz CT molecular complexity index is 455. The minimum absolute atomic E-state index is 0.0372. The molecule has 3 nitrogen and oxygen atoms in total. The van der Waals surface area contributed by atoms with Gasteiger partial charge in [0.2, 0.25) is 0 Å². The van der Waals surface area contributed by atoms with Crippen LogP contribution in [0.1, 0.15) is 69.9 Å². The molecule has 0 fully saturated rings. The van der Waals surface area contributed by atoms with Crippen LogP contribution in [-0.4, -0.2) is 19.1 Å². The molecule has 0 aliphatic carbocycles. The van der Waals surface area contributed by atoms with Gasteiger partial charge in [-0.1, -0.05) is 58.6 Å². The molecular weight excluding hydrogens is 274 g/mol. The zero-order chi connectivity index (χ0) is 16.4. The van der Waals surface area contributed by atoms with Gasteiger partial charge in [-0.15, -0.1) is 0 Å². The van der Waals surface area contributed by atoms with Crippen molar-refractivity contribution < 1.29 is 9.53 Å². The molecule has 0 heterocycles. The van der Waals surface area contributed by atoms with Gasteiger partial charge in [-0.05, 0) is 36.5 Å². The van der Waals surface area contributed by atoms with Crippen LogP contribution in [0, 0.1) is 6.92 Å². The predicted octanol–water partition coefficient (Wildman–Crippen LogP) is 4.58. The zero-order valence-corrected chi connectivity index (χ0v) is 14.6. The van der Waals surface area contributed by atoms with Crippen molar-refractivity contribution in [1.29, 1.82) is 0 Å². The van der Waals surface area contributed by atoms with Crippen LogP contribution in [0.4, 0.5) is 0 Å². The lowest BCUT2D eigenvalue weighted by Crippen LogP contribution is -2.29.